The fourth-order valence-electron chi connectivity index (χ4n) is 1.80. The molecule has 1 unspecified atom stereocenters. The maximum atomic E-state index is 12.4. The molecule has 2 aromatic rings. The molecular formula is C14H10F3NO. The van der Waals surface area contributed by atoms with Crippen LogP contribution in [0.5, 0.6) is 0 Å². The molecule has 0 bridgehead atoms. The van der Waals surface area contributed by atoms with Crippen LogP contribution in [-0.2, 0) is 11.0 Å². The molecular weight excluding hydrogens is 255 g/mol. The summed E-state index contributed by atoms with van der Waals surface area (Å²) in [5.74, 6) is -0.578. The topological polar surface area (TPSA) is 30.0 Å². The van der Waals surface area contributed by atoms with E-state index in [0.29, 0.717) is 17.4 Å². The molecule has 0 amide bonds. The Balaban J connectivity index is 2.33. The van der Waals surface area contributed by atoms with Crippen LogP contribution < -0.4 is 0 Å². The van der Waals surface area contributed by atoms with Crippen molar-refractivity contribution in [3.8, 4) is 0 Å². The number of aldehydes is 1. The van der Waals surface area contributed by atoms with Crippen molar-refractivity contribution in [3.63, 3.8) is 0 Å². The Morgan fingerprint density at radius 1 is 0.947 bits per heavy atom. The van der Waals surface area contributed by atoms with E-state index < -0.39 is 17.7 Å². The third kappa shape index (κ3) is 2.99. The number of aromatic nitrogens is 1. The lowest BCUT2D eigenvalue weighted by atomic mass is 9.93. The molecule has 0 saturated carbocycles. The van der Waals surface area contributed by atoms with Crippen molar-refractivity contribution in [2.24, 2.45) is 0 Å². The van der Waals surface area contributed by atoms with Gasteiger partial charge in [0.2, 0.25) is 0 Å². The highest BCUT2D eigenvalue weighted by Crippen LogP contribution is 2.31. The smallest absolute Gasteiger partial charge is 0.302 e. The van der Waals surface area contributed by atoms with E-state index in [2.05, 4.69) is 4.98 Å². The highest BCUT2D eigenvalue weighted by atomic mass is 19.4. The minimum absolute atomic E-state index is 0.522. The number of hydrogen-bond acceptors (Lipinski definition) is 2. The standard InChI is InChI=1S/C14H10F3NO/c15-14(16,17)12-3-1-10(2-4-12)13(9-19)11-5-7-18-8-6-11/h1-9,13H. The zero-order valence-corrected chi connectivity index (χ0v) is 9.76. The van der Waals surface area contributed by atoms with Crippen LogP contribution >= 0.6 is 0 Å². The van der Waals surface area contributed by atoms with E-state index in [1.54, 1.807) is 12.1 Å². The van der Waals surface area contributed by atoms with Gasteiger partial charge >= 0.3 is 6.18 Å². The van der Waals surface area contributed by atoms with Crippen LogP contribution in [0.15, 0.2) is 48.8 Å². The van der Waals surface area contributed by atoms with Crippen LogP contribution in [0.4, 0.5) is 13.2 Å². The van der Waals surface area contributed by atoms with Crippen molar-refractivity contribution in [1.29, 1.82) is 0 Å². The summed E-state index contributed by atoms with van der Waals surface area (Å²) in [5.41, 5.74) is 0.495. The number of halogens is 3. The molecule has 2 rings (SSSR count). The number of carbonyl (C=O) groups is 1. The molecule has 0 aliphatic heterocycles. The number of pyridine rings is 1. The minimum atomic E-state index is -4.37. The Bertz CT molecular complexity index is 549. The van der Waals surface area contributed by atoms with E-state index in [1.165, 1.54) is 24.5 Å². The molecule has 1 aromatic carbocycles. The molecule has 98 valence electrons. The van der Waals surface area contributed by atoms with Crippen molar-refractivity contribution >= 4 is 6.29 Å². The molecule has 0 saturated heterocycles. The molecule has 1 heterocycles. The molecule has 0 radical (unpaired) electrons. The molecule has 0 N–H and O–H groups in total. The van der Waals surface area contributed by atoms with Crippen LogP contribution in [-0.4, -0.2) is 11.3 Å². The van der Waals surface area contributed by atoms with Gasteiger partial charge in [0.1, 0.15) is 6.29 Å². The molecule has 0 aliphatic rings. The Morgan fingerprint density at radius 3 is 1.95 bits per heavy atom. The average Bonchev–Trinajstić information content (AvgIpc) is 2.40. The van der Waals surface area contributed by atoms with Gasteiger partial charge in [-0.05, 0) is 35.4 Å². The fraction of sp³-hybridized carbons (Fsp3) is 0.143. The molecule has 0 spiro atoms. The highest BCUT2D eigenvalue weighted by Gasteiger charge is 2.30. The van der Waals surface area contributed by atoms with Crippen molar-refractivity contribution in [2.45, 2.75) is 12.1 Å². The molecule has 1 atom stereocenters. The third-order valence-electron chi connectivity index (χ3n) is 2.80. The average molecular weight is 265 g/mol. The van der Waals surface area contributed by atoms with Crippen molar-refractivity contribution < 1.29 is 18.0 Å². The number of hydrogen-bond donors (Lipinski definition) is 0. The molecule has 0 fully saturated rings. The first kappa shape index (κ1) is 13.3. The summed E-state index contributed by atoms with van der Waals surface area (Å²) < 4.78 is 37.3. The summed E-state index contributed by atoms with van der Waals surface area (Å²) in [4.78, 5) is 15.0. The van der Waals surface area contributed by atoms with Gasteiger partial charge in [0.15, 0.2) is 0 Å². The summed E-state index contributed by atoms with van der Waals surface area (Å²) in [5, 5.41) is 0. The van der Waals surface area contributed by atoms with Gasteiger partial charge in [0, 0.05) is 12.4 Å². The van der Waals surface area contributed by atoms with Gasteiger partial charge in [0.05, 0.1) is 11.5 Å². The third-order valence-corrected chi connectivity index (χ3v) is 2.80. The Kier molecular flexibility index (Phi) is 3.64. The predicted molar refractivity (Wildman–Crippen MR) is 63.6 cm³/mol. The first-order valence-electron chi connectivity index (χ1n) is 5.55. The SMILES string of the molecule is O=CC(c1ccncc1)c1ccc(C(F)(F)F)cc1. The van der Waals surface area contributed by atoms with E-state index in [9.17, 15) is 18.0 Å². The highest BCUT2D eigenvalue weighted by molar-refractivity contribution is 5.68. The summed E-state index contributed by atoms with van der Waals surface area (Å²) in [6.45, 7) is 0. The summed E-state index contributed by atoms with van der Waals surface area (Å²) in [7, 11) is 0. The predicted octanol–water partition coefficient (Wildman–Crippen LogP) is 3.43. The number of alkyl halides is 3. The van der Waals surface area contributed by atoms with E-state index in [4.69, 9.17) is 0 Å². The zero-order valence-electron chi connectivity index (χ0n) is 9.76. The van der Waals surface area contributed by atoms with Crippen molar-refractivity contribution in [2.75, 3.05) is 0 Å². The second-order valence-corrected chi connectivity index (χ2v) is 4.01. The van der Waals surface area contributed by atoms with Crippen LogP contribution in [0.1, 0.15) is 22.6 Å². The quantitative estimate of drug-likeness (QED) is 0.796. The Hall–Kier alpha value is -2.17. The molecule has 19 heavy (non-hydrogen) atoms. The largest absolute Gasteiger partial charge is 0.416 e. The van der Waals surface area contributed by atoms with Crippen molar-refractivity contribution in [1.82, 2.24) is 4.98 Å². The first-order valence-corrected chi connectivity index (χ1v) is 5.55. The minimum Gasteiger partial charge on any atom is -0.302 e. The molecule has 0 aliphatic carbocycles. The fourth-order valence-corrected chi connectivity index (χ4v) is 1.80. The second-order valence-electron chi connectivity index (χ2n) is 4.01. The second kappa shape index (κ2) is 5.22. The number of rotatable bonds is 3. The van der Waals surface area contributed by atoms with Gasteiger partial charge in [-0.15, -0.1) is 0 Å². The monoisotopic (exact) mass is 265 g/mol. The number of carbonyl (C=O) groups excluding carboxylic acids is 1. The maximum Gasteiger partial charge on any atom is 0.416 e. The zero-order chi connectivity index (χ0) is 13.9. The number of benzene rings is 1. The van der Waals surface area contributed by atoms with E-state index in [1.807, 2.05) is 0 Å². The molecule has 2 nitrogen and oxygen atoms in total. The lowest BCUT2D eigenvalue weighted by Gasteiger charge is -2.12. The van der Waals surface area contributed by atoms with Gasteiger partial charge < -0.3 is 4.79 Å². The number of nitrogens with zero attached hydrogens (tertiary/aromatic N) is 1. The van der Waals surface area contributed by atoms with Crippen LogP contribution in [0, 0.1) is 0 Å². The van der Waals surface area contributed by atoms with Crippen LogP contribution in [0.25, 0.3) is 0 Å². The van der Waals surface area contributed by atoms with Gasteiger partial charge in [-0.3, -0.25) is 4.98 Å². The summed E-state index contributed by atoms with van der Waals surface area (Å²) in [6, 6.07) is 7.93. The molecule has 5 heteroatoms. The lowest BCUT2D eigenvalue weighted by molar-refractivity contribution is -0.137. The molecule has 1 aromatic heterocycles. The lowest BCUT2D eigenvalue weighted by Crippen LogP contribution is -2.07. The van der Waals surface area contributed by atoms with Crippen molar-refractivity contribution in [3.05, 3.63) is 65.5 Å². The van der Waals surface area contributed by atoms with Gasteiger partial charge in [-0.25, -0.2) is 0 Å². The first-order chi connectivity index (χ1) is 9.02. The van der Waals surface area contributed by atoms with Crippen LogP contribution in [0.2, 0.25) is 0 Å². The maximum absolute atomic E-state index is 12.4. The summed E-state index contributed by atoms with van der Waals surface area (Å²) in [6.07, 6.45) is -0.588. The normalized spacial score (nSPS) is 13.0. The Morgan fingerprint density at radius 2 is 1.47 bits per heavy atom. The van der Waals surface area contributed by atoms with Gasteiger partial charge in [-0.1, -0.05) is 12.1 Å². The summed E-state index contributed by atoms with van der Waals surface area (Å²) >= 11 is 0. The van der Waals surface area contributed by atoms with E-state index in [0.717, 1.165) is 12.1 Å². The van der Waals surface area contributed by atoms with Gasteiger partial charge in [-0.2, -0.15) is 13.2 Å². The van der Waals surface area contributed by atoms with Crippen LogP contribution in [0.3, 0.4) is 0 Å². The Labute approximate surface area is 107 Å². The van der Waals surface area contributed by atoms with E-state index >= 15 is 0 Å². The van der Waals surface area contributed by atoms with E-state index in [-0.39, 0.29) is 0 Å². The van der Waals surface area contributed by atoms with Gasteiger partial charge in [0.25, 0.3) is 0 Å².